The topological polar surface area (TPSA) is 95.2 Å². The van der Waals surface area contributed by atoms with Gasteiger partial charge >= 0.3 is 0 Å². The number of imidazole rings is 1. The molecule has 2 heterocycles. The fraction of sp³-hybridized carbons (Fsp3) is 0.280. The first-order chi connectivity index (χ1) is 15.8. The lowest BCUT2D eigenvalue weighted by molar-refractivity contribution is -0.127. The molecule has 8 heteroatoms. The third-order valence-electron chi connectivity index (χ3n) is 5.90. The van der Waals surface area contributed by atoms with Crippen molar-refractivity contribution in [2.75, 3.05) is 18.4 Å². The number of likely N-dealkylation sites (tertiary alicyclic amines) is 1. The van der Waals surface area contributed by atoms with Gasteiger partial charge < -0.3 is 15.2 Å². The summed E-state index contributed by atoms with van der Waals surface area (Å²) in [7, 11) is 0. The second-order valence-corrected chi connectivity index (χ2v) is 8.30. The summed E-state index contributed by atoms with van der Waals surface area (Å²) >= 11 is 0. The van der Waals surface area contributed by atoms with E-state index in [2.05, 4.69) is 15.3 Å². The third kappa shape index (κ3) is 5.16. The Kier molecular flexibility index (Phi) is 6.35. The minimum Gasteiger partial charge on any atom is -0.342 e. The molecule has 4 rings (SSSR count). The Balaban J connectivity index is 1.33. The monoisotopic (exact) mass is 448 g/mol. The highest BCUT2D eigenvalue weighted by Crippen LogP contribution is 2.28. The lowest BCUT2D eigenvalue weighted by Crippen LogP contribution is -2.37. The quantitative estimate of drug-likeness (QED) is 0.452. The molecule has 33 heavy (non-hydrogen) atoms. The van der Waals surface area contributed by atoms with E-state index in [1.165, 1.54) is 25.1 Å². The summed E-state index contributed by atoms with van der Waals surface area (Å²) in [5, 5.41) is 2.73. The van der Waals surface area contributed by atoms with Crippen molar-refractivity contribution in [3.05, 3.63) is 71.3 Å². The van der Waals surface area contributed by atoms with Crippen LogP contribution in [0.1, 0.15) is 48.8 Å². The van der Waals surface area contributed by atoms with E-state index in [0.29, 0.717) is 35.4 Å². The molecular weight excluding hydrogens is 423 g/mol. The van der Waals surface area contributed by atoms with Crippen molar-refractivity contribution in [3.63, 3.8) is 0 Å². The smallest absolute Gasteiger partial charge is 0.251 e. The highest BCUT2D eigenvalue weighted by Gasteiger charge is 2.25. The molecule has 0 bridgehead atoms. The van der Waals surface area contributed by atoms with Crippen LogP contribution in [0.3, 0.4) is 0 Å². The molecular formula is C25H25FN4O3. The van der Waals surface area contributed by atoms with Crippen LogP contribution in [0.5, 0.6) is 0 Å². The number of amides is 2. The van der Waals surface area contributed by atoms with E-state index < -0.39 is 0 Å². The van der Waals surface area contributed by atoms with E-state index in [9.17, 15) is 18.8 Å². The van der Waals surface area contributed by atoms with Gasteiger partial charge in [0, 0.05) is 41.9 Å². The molecule has 0 atom stereocenters. The summed E-state index contributed by atoms with van der Waals surface area (Å²) in [5.41, 5.74) is 2.82. The van der Waals surface area contributed by atoms with Gasteiger partial charge in [0.25, 0.3) is 5.91 Å². The molecule has 0 saturated carbocycles. The highest BCUT2D eigenvalue weighted by atomic mass is 19.1. The molecule has 1 aliphatic heterocycles. The van der Waals surface area contributed by atoms with Crippen LogP contribution < -0.4 is 5.32 Å². The molecule has 1 aliphatic rings. The zero-order chi connectivity index (χ0) is 23.5. The Morgan fingerprint density at radius 3 is 2.45 bits per heavy atom. The second kappa shape index (κ2) is 9.36. The van der Waals surface area contributed by atoms with Crippen molar-refractivity contribution in [1.82, 2.24) is 14.9 Å². The number of anilines is 1. The average Bonchev–Trinajstić information content (AvgIpc) is 3.22. The summed E-state index contributed by atoms with van der Waals surface area (Å²) in [6.07, 6.45) is 2.81. The van der Waals surface area contributed by atoms with Crippen LogP contribution in [0, 0.1) is 5.82 Å². The molecule has 0 unspecified atom stereocenters. The number of halogens is 1. The van der Waals surface area contributed by atoms with Gasteiger partial charge in [-0.15, -0.1) is 0 Å². The van der Waals surface area contributed by atoms with Crippen molar-refractivity contribution >= 4 is 34.3 Å². The molecule has 7 nitrogen and oxygen atoms in total. The van der Waals surface area contributed by atoms with Crippen molar-refractivity contribution in [1.29, 1.82) is 0 Å². The Morgan fingerprint density at radius 2 is 1.79 bits per heavy atom. The number of hydrogen-bond acceptors (Lipinski definition) is 4. The van der Waals surface area contributed by atoms with E-state index >= 15 is 0 Å². The molecule has 0 spiro atoms. The van der Waals surface area contributed by atoms with E-state index in [-0.39, 0.29) is 29.3 Å². The van der Waals surface area contributed by atoms with Crippen molar-refractivity contribution in [2.45, 2.75) is 32.6 Å². The zero-order valence-corrected chi connectivity index (χ0v) is 18.5. The predicted octanol–water partition coefficient (Wildman–Crippen LogP) is 4.20. The number of hydrogen-bond donors (Lipinski definition) is 2. The van der Waals surface area contributed by atoms with Gasteiger partial charge in [0.2, 0.25) is 5.91 Å². The first-order valence-electron chi connectivity index (χ1n) is 10.8. The van der Waals surface area contributed by atoms with Crippen LogP contribution in [0.25, 0.3) is 11.0 Å². The Bertz CT molecular complexity index is 1240. The maximum absolute atomic E-state index is 13.4. The van der Waals surface area contributed by atoms with Crippen LogP contribution >= 0.6 is 0 Å². The summed E-state index contributed by atoms with van der Waals surface area (Å²) in [5.74, 6) is 0.0356. The Morgan fingerprint density at radius 1 is 1.09 bits per heavy atom. The van der Waals surface area contributed by atoms with E-state index in [0.717, 1.165) is 24.2 Å². The minimum atomic E-state index is -0.372. The molecule has 2 aromatic carbocycles. The third-order valence-corrected chi connectivity index (χ3v) is 5.90. The number of nitrogens with one attached hydrogen (secondary N) is 2. The second-order valence-electron chi connectivity index (χ2n) is 8.30. The van der Waals surface area contributed by atoms with E-state index in [1.807, 2.05) is 0 Å². The van der Waals surface area contributed by atoms with E-state index in [1.54, 1.807) is 42.2 Å². The van der Waals surface area contributed by atoms with Gasteiger partial charge in [-0.05, 0) is 69.2 Å². The maximum atomic E-state index is 13.4. The van der Waals surface area contributed by atoms with Gasteiger partial charge in [-0.2, -0.15) is 0 Å². The molecule has 1 saturated heterocycles. The fourth-order valence-electron chi connectivity index (χ4n) is 3.93. The SMILES string of the molecule is CC(=O)c1ccc(NC(=O)/C(C)=C\C(=O)N2CCC(c3nc4ccc(F)cc4[nH]3)CC2)cc1. The Labute approximate surface area is 190 Å². The number of H-pyrrole nitrogens is 1. The molecule has 1 fully saturated rings. The molecule has 2 N–H and O–H groups in total. The molecule has 0 aliphatic carbocycles. The number of carbonyl (C=O) groups excluding carboxylic acids is 3. The van der Waals surface area contributed by atoms with Gasteiger partial charge in [-0.1, -0.05) is 0 Å². The lowest BCUT2D eigenvalue weighted by Gasteiger charge is -2.30. The van der Waals surface area contributed by atoms with Crippen molar-refractivity contribution in [3.8, 4) is 0 Å². The number of Topliss-reactive ketones (excluding diaryl/α,β-unsaturated/α-hetero) is 1. The van der Waals surface area contributed by atoms with Crippen LogP contribution in [0.2, 0.25) is 0 Å². The standard InChI is InChI=1S/C25H25FN4O3/c1-15(25(33)27-20-6-3-17(4-7-20)16(2)31)13-23(32)30-11-9-18(10-12-30)24-28-21-8-5-19(26)14-22(21)29-24/h3-8,13-14,18H,9-12H2,1-2H3,(H,27,33)(H,28,29)/b15-13-. The number of piperidine rings is 1. The molecule has 3 aromatic rings. The number of rotatable bonds is 5. The summed E-state index contributed by atoms with van der Waals surface area (Å²) in [6, 6.07) is 11.1. The number of carbonyl (C=O) groups is 3. The number of ketones is 1. The number of aromatic nitrogens is 2. The van der Waals surface area contributed by atoms with Crippen molar-refractivity contribution < 1.29 is 18.8 Å². The number of aromatic amines is 1. The predicted molar refractivity (Wildman–Crippen MR) is 123 cm³/mol. The number of benzene rings is 2. The van der Waals surface area contributed by atoms with Crippen molar-refractivity contribution in [2.24, 2.45) is 0 Å². The normalized spacial score (nSPS) is 15.0. The van der Waals surface area contributed by atoms with Crippen LogP contribution in [-0.2, 0) is 9.59 Å². The number of nitrogens with zero attached hydrogens (tertiary/aromatic N) is 2. The molecule has 170 valence electrons. The van der Waals surface area contributed by atoms with Gasteiger partial charge in [-0.25, -0.2) is 9.37 Å². The Hall–Kier alpha value is -3.81. The summed E-state index contributed by atoms with van der Waals surface area (Å²) in [4.78, 5) is 45.9. The van der Waals surface area contributed by atoms with Crippen LogP contribution in [-0.4, -0.2) is 45.6 Å². The molecule has 0 radical (unpaired) electrons. The molecule has 2 amide bonds. The first kappa shape index (κ1) is 22.4. The largest absolute Gasteiger partial charge is 0.342 e. The first-order valence-corrected chi connectivity index (χ1v) is 10.8. The number of fused-ring (bicyclic) bond motifs is 1. The average molecular weight is 448 g/mol. The van der Waals surface area contributed by atoms with Gasteiger partial charge in [0.15, 0.2) is 5.78 Å². The minimum absolute atomic E-state index is 0.0486. The molecule has 1 aromatic heterocycles. The highest BCUT2D eigenvalue weighted by molar-refractivity contribution is 6.07. The lowest BCUT2D eigenvalue weighted by atomic mass is 9.96. The van der Waals surface area contributed by atoms with Gasteiger partial charge in [-0.3, -0.25) is 14.4 Å². The van der Waals surface area contributed by atoms with Crippen LogP contribution in [0.15, 0.2) is 54.1 Å². The van der Waals surface area contributed by atoms with Crippen LogP contribution in [0.4, 0.5) is 10.1 Å². The zero-order valence-electron chi connectivity index (χ0n) is 18.5. The summed E-state index contributed by atoms with van der Waals surface area (Å²) < 4.78 is 13.4. The summed E-state index contributed by atoms with van der Waals surface area (Å²) in [6.45, 7) is 4.17. The van der Waals surface area contributed by atoms with Gasteiger partial charge in [0.1, 0.15) is 11.6 Å². The van der Waals surface area contributed by atoms with Gasteiger partial charge in [0.05, 0.1) is 11.0 Å². The van der Waals surface area contributed by atoms with E-state index in [4.69, 9.17) is 0 Å². The maximum Gasteiger partial charge on any atom is 0.251 e. The fourth-order valence-corrected chi connectivity index (χ4v) is 3.93.